The van der Waals surface area contributed by atoms with E-state index in [9.17, 15) is 13.2 Å². The average molecular weight is 306 g/mol. The van der Waals surface area contributed by atoms with Gasteiger partial charge in [0.2, 0.25) is 5.91 Å². The summed E-state index contributed by atoms with van der Waals surface area (Å²) in [6.07, 6.45) is 1.73. The van der Waals surface area contributed by atoms with Crippen LogP contribution < -0.4 is 0 Å². The summed E-state index contributed by atoms with van der Waals surface area (Å²) in [5, 5.41) is 0. The molecule has 0 radical (unpaired) electrons. The Morgan fingerprint density at radius 1 is 1.10 bits per heavy atom. The molecule has 0 aliphatic rings. The van der Waals surface area contributed by atoms with Crippen LogP contribution in [-0.4, -0.2) is 68.2 Å². The minimum absolute atomic E-state index is 0.101. The third-order valence-corrected chi connectivity index (χ3v) is 3.57. The molecular weight excluding hydrogens is 280 g/mol. The predicted molar refractivity (Wildman–Crippen MR) is 80.2 cm³/mol. The summed E-state index contributed by atoms with van der Waals surface area (Å²) in [6, 6.07) is 0. The smallest absolute Gasteiger partial charge is 0.264 e. The van der Waals surface area contributed by atoms with Gasteiger partial charge < -0.3 is 9.80 Å². The maximum absolute atomic E-state index is 12.0. The second-order valence-corrected chi connectivity index (χ2v) is 6.79. The second-order valence-electron chi connectivity index (χ2n) is 5.22. The molecular formula is C13H26N2O4S. The minimum atomic E-state index is -3.91. The molecule has 0 aromatic heterocycles. The largest absolute Gasteiger partial charge is 0.339 e. The molecule has 0 rings (SSSR count). The van der Waals surface area contributed by atoms with Crippen LogP contribution in [0.25, 0.3) is 0 Å². The topological polar surface area (TPSA) is 77.9 Å². The monoisotopic (exact) mass is 306 g/mol. The van der Waals surface area contributed by atoms with E-state index < -0.39 is 10.1 Å². The molecule has 0 aliphatic heterocycles. The Morgan fingerprint density at radius 3 is 2.10 bits per heavy atom. The zero-order valence-electron chi connectivity index (χ0n) is 12.6. The number of amides is 1. The van der Waals surface area contributed by atoms with E-state index in [-0.39, 0.29) is 11.7 Å². The molecule has 0 saturated heterocycles. The second kappa shape index (κ2) is 9.10. The molecule has 0 aliphatic carbocycles. The fourth-order valence-electron chi connectivity index (χ4n) is 1.75. The van der Waals surface area contributed by atoms with Crippen LogP contribution in [0.1, 0.15) is 26.2 Å². The van der Waals surface area contributed by atoms with E-state index in [1.165, 1.54) is 0 Å². The average Bonchev–Trinajstić information content (AvgIpc) is 2.29. The zero-order chi connectivity index (χ0) is 15.8. The standard InChI is InChI=1S/C13H26N2O4S/c1-12(2)13(16)15(10-7-8-14(3)4)9-5-6-11-20(17,18)19/h1,5-11H2,2-4H3,(H,17,18,19). The summed E-state index contributed by atoms with van der Waals surface area (Å²) in [5.41, 5.74) is 0.477. The summed E-state index contributed by atoms with van der Waals surface area (Å²) < 4.78 is 29.9. The van der Waals surface area contributed by atoms with Crippen molar-refractivity contribution in [2.45, 2.75) is 26.2 Å². The number of nitrogens with zero attached hydrogens (tertiary/aromatic N) is 2. The van der Waals surface area contributed by atoms with Crippen LogP contribution in [0.4, 0.5) is 0 Å². The molecule has 20 heavy (non-hydrogen) atoms. The number of unbranched alkanes of at least 4 members (excludes halogenated alkanes) is 1. The highest BCUT2D eigenvalue weighted by Gasteiger charge is 2.14. The maximum atomic E-state index is 12.0. The molecule has 0 fully saturated rings. The minimum Gasteiger partial charge on any atom is -0.339 e. The van der Waals surface area contributed by atoms with Crippen LogP contribution in [0.3, 0.4) is 0 Å². The van der Waals surface area contributed by atoms with Crippen molar-refractivity contribution in [1.82, 2.24) is 9.80 Å². The number of carbonyl (C=O) groups excluding carboxylic acids is 1. The molecule has 1 amide bonds. The van der Waals surface area contributed by atoms with E-state index in [2.05, 4.69) is 6.58 Å². The van der Waals surface area contributed by atoms with E-state index in [4.69, 9.17) is 4.55 Å². The normalized spacial score (nSPS) is 11.7. The van der Waals surface area contributed by atoms with Crippen molar-refractivity contribution in [2.24, 2.45) is 0 Å². The van der Waals surface area contributed by atoms with Crippen molar-refractivity contribution in [3.63, 3.8) is 0 Å². The molecule has 0 atom stereocenters. The van der Waals surface area contributed by atoms with Gasteiger partial charge in [-0.2, -0.15) is 8.42 Å². The first kappa shape index (κ1) is 19.1. The molecule has 0 aromatic rings. The van der Waals surface area contributed by atoms with Crippen LogP contribution in [0, 0.1) is 0 Å². The van der Waals surface area contributed by atoms with Crippen LogP contribution in [0.15, 0.2) is 12.2 Å². The Bertz CT molecular complexity index is 418. The fourth-order valence-corrected chi connectivity index (χ4v) is 2.32. The van der Waals surface area contributed by atoms with Gasteiger partial charge in [-0.05, 0) is 46.8 Å². The van der Waals surface area contributed by atoms with Crippen molar-refractivity contribution >= 4 is 16.0 Å². The van der Waals surface area contributed by atoms with Gasteiger partial charge in [-0.1, -0.05) is 6.58 Å². The van der Waals surface area contributed by atoms with Gasteiger partial charge in [0.1, 0.15) is 0 Å². The van der Waals surface area contributed by atoms with Crippen molar-refractivity contribution < 1.29 is 17.8 Å². The first-order valence-corrected chi connectivity index (χ1v) is 8.29. The Balaban J connectivity index is 4.25. The quantitative estimate of drug-likeness (QED) is 0.370. The lowest BCUT2D eigenvalue weighted by Gasteiger charge is -2.23. The van der Waals surface area contributed by atoms with Crippen molar-refractivity contribution in [1.29, 1.82) is 0 Å². The van der Waals surface area contributed by atoms with Gasteiger partial charge in [0, 0.05) is 18.7 Å². The van der Waals surface area contributed by atoms with Crippen LogP contribution in [-0.2, 0) is 14.9 Å². The highest BCUT2D eigenvalue weighted by Crippen LogP contribution is 2.04. The SMILES string of the molecule is C=C(C)C(=O)N(CCCCS(=O)(=O)O)CCCN(C)C. The van der Waals surface area contributed by atoms with Gasteiger partial charge in [0.05, 0.1) is 5.75 Å². The summed E-state index contributed by atoms with van der Waals surface area (Å²) >= 11 is 0. The zero-order valence-corrected chi connectivity index (χ0v) is 13.4. The Hall–Kier alpha value is -0.920. The first-order valence-electron chi connectivity index (χ1n) is 6.68. The van der Waals surface area contributed by atoms with Gasteiger partial charge in [0.15, 0.2) is 0 Å². The molecule has 6 nitrogen and oxygen atoms in total. The van der Waals surface area contributed by atoms with Gasteiger partial charge in [-0.3, -0.25) is 9.35 Å². The predicted octanol–water partition coefficient (Wildman–Crippen LogP) is 1.01. The summed E-state index contributed by atoms with van der Waals surface area (Å²) in [4.78, 5) is 15.7. The van der Waals surface area contributed by atoms with Gasteiger partial charge in [0.25, 0.3) is 10.1 Å². The van der Waals surface area contributed by atoms with Gasteiger partial charge in [-0.25, -0.2) is 0 Å². The molecule has 118 valence electrons. The van der Waals surface area contributed by atoms with Gasteiger partial charge >= 0.3 is 0 Å². The molecule has 1 N–H and O–H groups in total. The molecule has 0 spiro atoms. The number of rotatable bonds is 10. The lowest BCUT2D eigenvalue weighted by Crippen LogP contribution is -2.34. The summed E-state index contributed by atoms with van der Waals surface area (Å²) in [7, 11) is 0.0240. The molecule has 0 heterocycles. The van der Waals surface area contributed by atoms with Crippen LogP contribution in [0.2, 0.25) is 0 Å². The van der Waals surface area contributed by atoms with Gasteiger partial charge in [-0.15, -0.1) is 0 Å². The van der Waals surface area contributed by atoms with Crippen molar-refractivity contribution in [3.8, 4) is 0 Å². The van der Waals surface area contributed by atoms with E-state index in [1.54, 1.807) is 11.8 Å². The Kier molecular flexibility index (Phi) is 8.68. The van der Waals surface area contributed by atoms with Crippen LogP contribution >= 0.6 is 0 Å². The summed E-state index contributed by atoms with van der Waals surface area (Å²) in [5.74, 6) is -0.365. The lowest BCUT2D eigenvalue weighted by molar-refractivity contribution is -0.127. The number of carbonyl (C=O) groups is 1. The van der Waals surface area contributed by atoms with E-state index in [0.29, 0.717) is 31.5 Å². The number of hydrogen-bond acceptors (Lipinski definition) is 4. The van der Waals surface area contributed by atoms with E-state index in [0.717, 1.165) is 13.0 Å². The van der Waals surface area contributed by atoms with Crippen LogP contribution in [0.5, 0.6) is 0 Å². The first-order chi connectivity index (χ1) is 9.13. The lowest BCUT2D eigenvalue weighted by atomic mass is 10.2. The maximum Gasteiger partial charge on any atom is 0.264 e. The van der Waals surface area contributed by atoms with Crippen molar-refractivity contribution in [2.75, 3.05) is 39.5 Å². The molecule has 7 heteroatoms. The highest BCUT2D eigenvalue weighted by molar-refractivity contribution is 7.85. The third kappa shape index (κ3) is 9.94. The molecule has 0 unspecified atom stereocenters. The molecule has 0 aromatic carbocycles. The molecule has 0 bridgehead atoms. The number of hydrogen-bond donors (Lipinski definition) is 1. The Labute approximate surface area is 122 Å². The highest BCUT2D eigenvalue weighted by atomic mass is 32.2. The van der Waals surface area contributed by atoms with E-state index in [1.807, 2.05) is 19.0 Å². The third-order valence-electron chi connectivity index (χ3n) is 2.77. The Morgan fingerprint density at radius 2 is 1.65 bits per heavy atom. The summed E-state index contributed by atoms with van der Waals surface area (Å²) in [6.45, 7) is 7.30. The molecule has 0 saturated carbocycles. The fraction of sp³-hybridized carbons (Fsp3) is 0.769. The van der Waals surface area contributed by atoms with E-state index >= 15 is 0 Å². The van der Waals surface area contributed by atoms with Crippen molar-refractivity contribution in [3.05, 3.63) is 12.2 Å².